The molecule has 0 bridgehead atoms. The Morgan fingerprint density at radius 1 is 1.25 bits per heavy atom. The van der Waals surface area contributed by atoms with Crippen molar-refractivity contribution in [3.05, 3.63) is 24.4 Å². The van der Waals surface area contributed by atoms with E-state index in [4.69, 9.17) is 0 Å². The number of hydrogen-bond donors (Lipinski definition) is 1. The molecule has 3 nitrogen and oxygen atoms in total. The first-order chi connectivity index (χ1) is 9.74. The summed E-state index contributed by atoms with van der Waals surface area (Å²) in [5.41, 5.74) is 0. The van der Waals surface area contributed by atoms with Gasteiger partial charge in [0.25, 0.3) is 0 Å². The molecule has 2 rings (SSSR count). The van der Waals surface area contributed by atoms with Crippen LogP contribution in [0.3, 0.4) is 0 Å². The number of pyridine rings is 1. The summed E-state index contributed by atoms with van der Waals surface area (Å²) in [5, 5.41) is 3.43. The fraction of sp³-hybridized carbons (Fsp3) is 0.588. The van der Waals surface area contributed by atoms with Gasteiger partial charge in [-0.1, -0.05) is 17.9 Å². The molecule has 0 amide bonds. The average Bonchev–Trinajstić information content (AvgIpc) is 2.47. The number of anilines is 1. The van der Waals surface area contributed by atoms with Crippen LogP contribution in [-0.2, 0) is 0 Å². The van der Waals surface area contributed by atoms with Crippen molar-refractivity contribution in [3.8, 4) is 11.8 Å². The van der Waals surface area contributed by atoms with Crippen LogP contribution >= 0.6 is 0 Å². The van der Waals surface area contributed by atoms with Crippen LogP contribution in [0.4, 0.5) is 5.82 Å². The van der Waals surface area contributed by atoms with E-state index in [1.54, 1.807) is 0 Å². The summed E-state index contributed by atoms with van der Waals surface area (Å²) in [6.45, 7) is 1.91. The van der Waals surface area contributed by atoms with Gasteiger partial charge in [0.2, 0.25) is 0 Å². The maximum absolute atomic E-state index is 4.30. The summed E-state index contributed by atoms with van der Waals surface area (Å²) in [7, 11) is 4.13. The second-order valence-electron chi connectivity index (χ2n) is 5.87. The first-order valence-electron chi connectivity index (χ1n) is 7.52. The topological polar surface area (TPSA) is 28.2 Å². The normalized spacial score (nSPS) is 22.1. The van der Waals surface area contributed by atoms with Gasteiger partial charge in [0, 0.05) is 18.7 Å². The third-order valence-corrected chi connectivity index (χ3v) is 3.78. The number of hydrogen-bond acceptors (Lipinski definition) is 3. The lowest BCUT2D eigenvalue weighted by Crippen LogP contribution is -2.21. The Balaban J connectivity index is 1.67. The monoisotopic (exact) mass is 271 g/mol. The van der Waals surface area contributed by atoms with E-state index in [1.165, 1.54) is 25.7 Å². The third kappa shape index (κ3) is 5.22. The molecule has 0 aromatic carbocycles. The molecule has 20 heavy (non-hydrogen) atoms. The number of nitrogens with one attached hydrogen (secondary N) is 1. The summed E-state index contributed by atoms with van der Waals surface area (Å²) < 4.78 is 0. The Morgan fingerprint density at radius 2 is 2.05 bits per heavy atom. The van der Waals surface area contributed by atoms with Crippen molar-refractivity contribution in [2.24, 2.45) is 11.8 Å². The molecule has 1 aromatic heterocycles. The number of nitrogens with zero attached hydrogens (tertiary/aromatic N) is 2. The molecule has 0 unspecified atom stereocenters. The van der Waals surface area contributed by atoms with E-state index in [9.17, 15) is 0 Å². The number of rotatable bonds is 4. The van der Waals surface area contributed by atoms with Gasteiger partial charge in [0.15, 0.2) is 0 Å². The molecule has 1 N–H and O–H groups in total. The molecule has 1 saturated carbocycles. The average molecular weight is 271 g/mol. The Labute approximate surface area is 122 Å². The van der Waals surface area contributed by atoms with Crippen LogP contribution in [-0.4, -0.2) is 37.1 Å². The predicted molar refractivity (Wildman–Crippen MR) is 84.5 cm³/mol. The van der Waals surface area contributed by atoms with Gasteiger partial charge < -0.3 is 5.32 Å². The fourth-order valence-electron chi connectivity index (χ4n) is 2.58. The Hall–Kier alpha value is -1.53. The van der Waals surface area contributed by atoms with Gasteiger partial charge in [-0.2, -0.15) is 0 Å². The lowest BCUT2D eigenvalue weighted by atomic mass is 9.82. The summed E-state index contributed by atoms with van der Waals surface area (Å²) in [6, 6.07) is 5.99. The molecule has 3 heteroatoms. The summed E-state index contributed by atoms with van der Waals surface area (Å²) in [6.07, 6.45) is 6.88. The highest BCUT2D eigenvalue weighted by Gasteiger charge is 2.19. The van der Waals surface area contributed by atoms with Crippen LogP contribution in [0, 0.1) is 23.7 Å². The van der Waals surface area contributed by atoms with Crippen LogP contribution < -0.4 is 5.32 Å². The molecule has 1 aromatic rings. The highest BCUT2D eigenvalue weighted by Crippen LogP contribution is 2.28. The lowest BCUT2D eigenvalue weighted by molar-refractivity contribution is 0.328. The van der Waals surface area contributed by atoms with E-state index in [0.29, 0.717) is 5.92 Å². The fourth-order valence-corrected chi connectivity index (χ4v) is 2.58. The third-order valence-electron chi connectivity index (χ3n) is 3.78. The van der Waals surface area contributed by atoms with E-state index in [0.717, 1.165) is 24.8 Å². The van der Waals surface area contributed by atoms with E-state index >= 15 is 0 Å². The van der Waals surface area contributed by atoms with Gasteiger partial charge in [-0.15, -0.1) is 0 Å². The van der Waals surface area contributed by atoms with Crippen molar-refractivity contribution in [2.75, 3.05) is 32.5 Å². The summed E-state index contributed by atoms with van der Waals surface area (Å²) in [5.74, 6) is 9.07. The van der Waals surface area contributed by atoms with Gasteiger partial charge in [-0.3, -0.25) is 4.90 Å². The van der Waals surface area contributed by atoms with Gasteiger partial charge in [-0.05, 0) is 57.8 Å². The van der Waals surface area contributed by atoms with E-state index in [2.05, 4.69) is 41.1 Å². The molecule has 1 aliphatic carbocycles. The first-order valence-corrected chi connectivity index (χ1v) is 7.52. The maximum atomic E-state index is 4.30. The largest absolute Gasteiger partial charge is 0.370 e. The Morgan fingerprint density at radius 3 is 2.70 bits per heavy atom. The quantitative estimate of drug-likeness (QED) is 0.854. The molecule has 1 heterocycles. The van der Waals surface area contributed by atoms with Gasteiger partial charge in [0.1, 0.15) is 5.82 Å². The molecule has 1 aliphatic rings. The SMILES string of the molecule is CN(C)CC#CC1CCC(CNc2ccccn2)CC1. The second kappa shape index (κ2) is 7.91. The van der Waals surface area contributed by atoms with Crippen LogP contribution in [0.15, 0.2) is 24.4 Å². The van der Waals surface area contributed by atoms with Crippen LogP contribution in [0.2, 0.25) is 0 Å². The van der Waals surface area contributed by atoms with E-state index in [-0.39, 0.29) is 0 Å². The maximum Gasteiger partial charge on any atom is 0.125 e. The van der Waals surface area contributed by atoms with Crippen LogP contribution in [0.25, 0.3) is 0 Å². The van der Waals surface area contributed by atoms with Crippen molar-refractivity contribution in [1.29, 1.82) is 0 Å². The zero-order valence-corrected chi connectivity index (χ0v) is 12.6. The van der Waals surface area contributed by atoms with Gasteiger partial charge in [0.05, 0.1) is 6.54 Å². The highest BCUT2D eigenvalue weighted by atomic mass is 15.0. The van der Waals surface area contributed by atoms with Crippen LogP contribution in [0.5, 0.6) is 0 Å². The minimum atomic E-state index is 0.612. The minimum Gasteiger partial charge on any atom is -0.370 e. The van der Waals surface area contributed by atoms with Crippen molar-refractivity contribution < 1.29 is 0 Å². The van der Waals surface area contributed by atoms with E-state index in [1.807, 2.05) is 24.4 Å². The molecule has 0 atom stereocenters. The van der Waals surface area contributed by atoms with Crippen molar-refractivity contribution in [2.45, 2.75) is 25.7 Å². The molecule has 0 radical (unpaired) electrons. The molecular weight excluding hydrogens is 246 g/mol. The zero-order chi connectivity index (χ0) is 14.2. The molecule has 0 saturated heterocycles. The van der Waals surface area contributed by atoms with E-state index < -0.39 is 0 Å². The molecule has 0 aliphatic heterocycles. The summed E-state index contributed by atoms with van der Waals surface area (Å²) >= 11 is 0. The van der Waals surface area contributed by atoms with Crippen molar-refractivity contribution in [1.82, 2.24) is 9.88 Å². The zero-order valence-electron chi connectivity index (χ0n) is 12.6. The second-order valence-corrected chi connectivity index (χ2v) is 5.87. The lowest BCUT2D eigenvalue weighted by Gasteiger charge is -2.26. The number of aromatic nitrogens is 1. The van der Waals surface area contributed by atoms with Gasteiger partial charge in [-0.25, -0.2) is 4.98 Å². The molecule has 1 fully saturated rings. The highest BCUT2D eigenvalue weighted by molar-refractivity contribution is 5.33. The molecule has 108 valence electrons. The standard InChI is InChI=1S/C17H25N3/c1-20(2)13-5-6-15-8-10-16(11-9-15)14-19-17-7-3-4-12-18-17/h3-4,7,12,15-16H,8-11,13-14H2,1-2H3,(H,18,19). The molecule has 0 spiro atoms. The Kier molecular flexibility index (Phi) is 5.88. The smallest absolute Gasteiger partial charge is 0.125 e. The van der Waals surface area contributed by atoms with Gasteiger partial charge >= 0.3 is 0 Å². The summed E-state index contributed by atoms with van der Waals surface area (Å²) in [4.78, 5) is 6.42. The first kappa shape index (κ1) is 14.9. The predicted octanol–water partition coefficient (Wildman–Crippen LogP) is 2.86. The molecular formula is C17H25N3. The minimum absolute atomic E-state index is 0.612. The Bertz CT molecular complexity index is 436. The van der Waals surface area contributed by atoms with Crippen molar-refractivity contribution in [3.63, 3.8) is 0 Å². The van der Waals surface area contributed by atoms with Crippen LogP contribution in [0.1, 0.15) is 25.7 Å². The van der Waals surface area contributed by atoms with Crippen molar-refractivity contribution >= 4 is 5.82 Å².